The fourth-order valence-corrected chi connectivity index (χ4v) is 3.61. The molecule has 2 aromatic carbocycles. The number of hydrogen-bond donors (Lipinski definition) is 1. The minimum absolute atomic E-state index is 0.00261. The van der Waals surface area contributed by atoms with Crippen LogP contribution in [0.25, 0.3) is 0 Å². The Morgan fingerprint density at radius 1 is 1.00 bits per heavy atom. The van der Waals surface area contributed by atoms with Crippen molar-refractivity contribution in [1.82, 2.24) is 5.32 Å². The van der Waals surface area contributed by atoms with Gasteiger partial charge in [-0.25, -0.2) is 0 Å². The van der Waals surface area contributed by atoms with E-state index in [4.69, 9.17) is 9.47 Å². The van der Waals surface area contributed by atoms with Crippen molar-refractivity contribution in [2.24, 2.45) is 0 Å². The van der Waals surface area contributed by atoms with Gasteiger partial charge in [-0.15, -0.1) is 0 Å². The lowest BCUT2D eigenvalue weighted by Crippen LogP contribution is -2.28. The monoisotopic (exact) mass is 353 g/mol. The molecule has 0 saturated carbocycles. The summed E-state index contributed by atoms with van der Waals surface area (Å²) in [6, 6.07) is 11.9. The van der Waals surface area contributed by atoms with E-state index in [0.29, 0.717) is 17.1 Å². The third-order valence-corrected chi connectivity index (χ3v) is 5.13. The van der Waals surface area contributed by atoms with Crippen LogP contribution in [0, 0.1) is 0 Å². The number of methoxy groups -OCH3 is 2. The Morgan fingerprint density at radius 3 is 2.42 bits per heavy atom. The Hall–Kier alpha value is -2.49. The molecule has 4 nitrogen and oxygen atoms in total. The highest BCUT2D eigenvalue weighted by Crippen LogP contribution is 2.29. The molecule has 26 heavy (non-hydrogen) atoms. The van der Waals surface area contributed by atoms with Gasteiger partial charge in [0.05, 0.1) is 20.3 Å². The van der Waals surface area contributed by atoms with Crippen LogP contribution in [-0.4, -0.2) is 20.1 Å². The molecule has 0 radical (unpaired) electrons. The number of amides is 1. The summed E-state index contributed by atoms with van der Waals surface area (Å²) in [5, 5.41) is 3.16. The molecule has 1 aliphatic rings. The van der Waals surface area contributed by atoms with Crippen molar-refractivity contribution < 1.29 is 14.3 Å². The number of fused-ring (bicyclic) bond motifs is 1. The van der Waals surface area contributed by atoms with E-state index in [9.17, 15) is 4.79 Å². The molecule has 0 aliphatic heterocycles. The Balaban J connectivity index is 1.78. The van der Waals surface area contributed by atoms with Crippen LogP contribution in [-0.2, 0) is 12.8 Å². The predicted molar refractivity (Wildman–Crippen MR) is 103 cm³/mol. The first-order valence-electron chi connectivity index (χ1n) is 9.30. The third-order valence-electron chi connectivity index (χ3n) is 5.13. The van der Waals surface area contributed by atoms with Gasteiger partial charge in [-0.2, -0.15) is 0 Å². The van der Waals surface area contributed by atoms with Crippen LogP contribution < -0.4 is 14.8 Å². The zero-order valence-electron chi connectivity index (χ0n) is 15.8. The maximum absolute atomic E-state index is 12.7. The van der Waals surface area contributed by atoms with Crippen LogP contribution in [0.1, 0.15) is 59.3 Å². The van der Waals surface area contributed by atoms with Crippen molar-refractivity contribution in [3.8, 4) is 11.5 Å². The van der Waals surface area contributed by atoms with Gasteiger partial charge in [0.25, 0.3) is 5.91 Å². The second kappa shape index (κ2) is 8.26. The lowest BCUT2D eigenvalue weighted by Gasteiger charge is -2.22. The van der Waals surface area contributed by atoms with Crippen LogP contribution in [0.5, 0.6) is 11.5 Å². The van der Waals surface area contributed by atoms with Gasteiger partial charge in [-0.3, -0.25) is 4.79 Å². The van der Waals surface area contributed by atoms with E-state index in [0.717, 1.165) is 12.8 Å². The molecule has 1 amide bonds. The van der Waals surface area contributed by atoms with E-state index in [1.165, 1.54) is 36.0 Å². The van der Waals surface area contributed by atoms with Crippen molar-refractivity contribution in [2.45, 2.75) is 45.1 Å². The molecule has 0 fully saturated rings. The molecule has 1 atom stereocenters. The molecule has 0 unspecified atom stereocenters. The first-order valence-corrected chi connectivity index (χ1v) is 9.30. The largest absolute Gasteiger partial charge is 0.493 e. The van der Waals surface area contributed by atoms with Gasteiger partial charge in [0, 0.05) is 5.56 Å². The molecular formula is C22H27NO3. The first kappa shape index (κ1) is 18.3. The van der Waals surface area contributed by atoms with Crippen LogP contribution >= 0.6 is 0 Å². The average Bonchev–Trinajstić information content (AvgIpc) is 2.70. The van der Waals surface area contributed by atoms with E-state index < -0.39 is 0 Å². The molecule has 2 aromatic rings. The van der Waals surface area contributed by atoms with Crippen LogP contribution in [0.4, 0.5) is 0 Å². The molecule has 0 bridgehead atoms. The normalized spacial score (nSPS) is 14.3. The molecular weight excluding hydrogens is 326 g/mol. The maximum atomic E-state index is 12.7. The van der Waals surface area contributed by atoms with Gasteiger partial charge in [-0.1, -0.05) is 25.1 Å². The number of aryl methyl sites for hydroxylation is 2. The number of carbonyl (C=O) groups is 1. The number of benzene rings is 2. The van der Waals surface area contributed by atoms with Crippen molar-refractivity contribution in [3.63, 3.8) is 0 Å². The Labute approximate surface area is 155 Å². The summed E-state index contributed by atoms with van der Waals surface area (Å²) >= 11 is 0. The van der Waals surface area contributed by atoms with Gasteiger partial charge < -0.3 is 14.8 Å². The maximum Gasteiger partial charge on any atom is 0.251 e. The lowest BCUT2D eigenvalue weighted by atomic mass is 9.88. The van der Waals surface area contributed by atoms with Gasteiger partial charge in [0.15, 0.2) is 11.5 Å². The molecule has 138 valence electrons. The van der Waals surface area contributed by atoms with Crippen molar-refractivity contribution in [1.29, 1.82) is 0 Å². The predicted octanol–water partition coefficient (Wildman–Crippen LogP) is 4.46. The highest BCUT2D eigenvalue weighted by atomic mass is 16.5. The summed E-state index contributed by atoms with van der Waals surface area (Å²) in [5.41, 5.74) is 4.65. The van der Waals surface area contributed by atoms with Gasteiger partial charge in [0.2, 0.25) is 0 Å². The summed E-state index contributed by atoms with van der Waals surface area (Å²) in [7, 11) is 3.16. The van der Waals surface area contributed by atoms with E-state index in [1.54, 1.807) is 32.4 Å². The quantitative estimate of drug-likeness (QED) is 0.834. The number of carbonyl (C=O) groups excluding carboxylic acids is 1. The fourth-order valence-electron chi connectivity index (χ4n) is 3.61. The molecule has 4 heteroatoms. The summed E-state index contributed by atoms with van der Waals surface area (Å²) in [6.07, 6.45) is 5.69. The van der Waals surface area contributed by atoms with E-state index in [2.05, 4.69) is 30.4 Å². The van der Waals surface area contributed by atoms with Crippen molar-refractivity contribution >= 4 is 5.91 Å². The van der Waals surface area contributed by atoms with Gasteiger partial charge in [0.1, 0.15) is 0 Å². The fraction of sp³-hybridized carbons (Fsp3) is 0.409. The molecule has 3 rings (SSSR count). The standard InChI is InChI=1S/C22H27NO3/c1-4-19(17-10-9-15-7-5-6-8-16(15)13-17)23-22(24)18-11-12-20(25-2)21(14-18)26-3/h9-14,19H,4-8H2,1-3H3,(H,23,24)/t19-/m1/s1. The summed E-state index contributed by atoms with van der Waals surface area (Å²) < 4.78 is 10.5. The van der Waals surface area contributed by atoms with Crippen molar-refractivity contribution in [3.05, 3.63) is 58.7 Å². The summed E-state index contributed by atoms with van der Waals surface area (Å²) in [4.78, 5) is 12.7. The van der Waals surface area contributed by atoms with Crippen LogP contribution in [0.3, 0.4) is 0 Å². The van der Waals surface area contributed by atoms with Gasteiger partial charge >= 0.3 is 0 Å². The zero-order valence-corrected chi connectivity index (χ0v) is 15.8. The smallest absolute Gasteiger partial charge is 0.251 e. The van der Waals surface area contributed by atoms with Gasteiger partial charge in [-0.05, 0) is 67.0 Å². The lowest BCUT2D eigenvalue weighted by molar-refractivity contribution is 0.0935. The number of ether oxygens (including phenoxy) is 2. The summed E-state index contributed by atoms with van der Waals surface area (Å²) in [5.74, 6) is 1.07. The number of nitrogens with one attached hydrogen (secondary N) is 1. The average molecular weight is 353 g/mol. The second-order valence-corrected chi connectivity index (χ2v) is 6.74. The molecule has 0 spiro atoms. The minimum Gasteiger partial charge on any atom is -0.493 e. The van der Waals surface area contributed by atoms with E-state index in [-0.39, 0.29) is 11.9 Å². The molecule has 1 aliphatic carbocycles. The molecule has 0 heterocycles. The topological polar surface area (TPSA) is 47.6 Å². The van der Waals surface area contributed by atoms with Crippen LogP contribution in [0.2, 0.25) is 0 Å². The highest BCUT2D eigenvalue weighted by Gasteiger charge is 2.18. The Kier molecular flexibility index (Phi) is 5.82. The zero-order chi connectivity index (χ0) is 18.5. The summed E-state index contributed by atoms with van der Waals surface area (Å²) in [6.45, 7) is 2.10. The number of hydrogen-bond acceptors (Lipinski definition) is 3. The second-order valence-electron chi connectivity index (χ2n) is 6.74. The minimum atomic E-state index is -0.101. The van der Waals surface area contributed by atoms with E-state index >= 15 is 0 Å². The number of rotatable bonds is 6. The molecule has 0 saturated heterocycles. The van der Waals surface area contributed by atoms with E-state index in [1.807, 2.05) is 0 Å². The Bertz CT molecular complexity index is 785. The molecule has 1 N–H and O–H groups in total. The highest BCUT2D eigenvalue weighted by molar-refractivity contribution is 5.95. The third kappa shape index (κ3) is 3.85. The van der Waals surface area contributed by atoms with Crippen molar-refractivity contribution in [2.75, 3.05) is 14.2 Å². The molecule has 0 aromatic heterocycles. The SMILES string of the molecule is CC[C@@H](NC(=O)c1ccc(OC)c(OC)c1)c1ccc2c(c1)CCCC2. The Morgan fingerprint density at radius 2 is 1.73 bits per heavy atom. The first-order chi connectivity index (χ1) is 12.7. The van der Waals surface area contributed by atoms with Crippen LogP contribution in [0.15, 0.2) is 36.4 Å².